The summed E-state index contributed by atoms with van der Waals surface area (Å²) < 4.78 is 19.0. The molecular formula is C24H25FN2O3. The first-order chi connectivity index (χ1) is 14.5. The lowest BCUT2D eigenvalue weighted by molar-refractivity contribution is -0.124. The summed E-state index contributed by atoms with van der Waals surface area (Å²) in [5.74, 6) is 0.103. The molecule has 2 aliphatic rings. The Morgan fingerprint density at radius 1 is 1.17 bits per heavy atom. The number of halogens is 1. The first-order valence-electron chi connectivity index (χ1n) is 10.4. The van der Waals surface area contributed by atoms with Gasteiger partial charge in [-0.05, 0) is 54.7 Å². The molecular weight excluding hydrogens is 383 g/mol. The second-order valence-corrected chi connectivity index (χ2v) is 7.96. The first-order valence-corrected chi connectivity index (χ1v) is 10.4. The summed E-state index contributed by atoms with van der Waals surface area (Å²) >= 11 is 0. The van der Waals surface area contributed by atoms with Crippen molar-refractivity contribution in [3.05, 3.63) is 65.7 Å². The second-order valence-electron chi connectivity index (χ2n) is 7.96. The normalized spacial score (nSPS) is 22.4. The molecule has 0 unspecified atom stereocenters. The number of hydrogen-bond donors (Lipinski definition) is 1. The van der Waals surface area contributed by atoms with Crippen molar-refractivity contribution in [2.24, 2.45) is 5.92 Å². The molecule has 1 aliphatic carbocycles. The number of amides is 2. The SMILES string of the molecule is C[C@@H]1CCCC[C@@H]1NC(=O)CN1C(=O)/C(=C\c2ccc(F)cc2)Oc2ccccc21. The average Bonchev–Trinajstić information content (AvgIpc) is 2.74. The quantitative estimate of drug-likeness (QED) is 0.768. The smallest absolute Gasteiger partial charge is 0.294 e. The van der Waals surface area contributed by atoms with E-state index in [0.717, 1.165) is 19.3 Å². The van der Waals surface area contributed by atoms with E-state index in [4.69, 9.17) is 4.74 Å². The monoisotopic (exact) mass is 408 g/mol. The van der Waals surface area contributed by atoms with Gasteiger partial charge in [0.2, 0.25) is 5.91 Å². The zero-order valence-electron chi connectivity index (χ0n) is 16.9. The molecule has 0 aromatic heterocycles. The van der Waals surface area contributed by atoms with E-state index in [1.807, 2.05) is 6.07 Å². The Morgan fingerprint density at radius 2 is 1.90 bits per heavy atom. The Kier molecular flexibility index (Phi) is 5.84. The number of rotatable bonds is 4. The minimum Gasteiger partial charge on any atom is -0.449 e. The van der Waals surface area contributed by atoms with Gasteiger partial charge >= 0.3 is 0 Å². The molecule has 1 heterocycles. The molecule has 2 atom stereocenters. The Bertz CT molecular complexity index is 971. The zero-order chi connectivity index (χ0) is 21.1. The van der Waals surface area contributed by atoms with Crippen LogP contribution in [0.1, 0.15) is 38.2 Å². The summed E-state index contributed by atoms with van der Waals surface area (Å²) in [6, 6.07) is 13.1. The summed E-state index contributed by atoms with van der Waals surface area (Å²) in [4.78, 5) is 27.3. The van der Waals surface area contributed by atoms with Crippen LogP contribution in [0.4, 0.5) is 10.1 Å². The van der Waals surface area contributed by atoms with E-state index >= 15 is 0 Å². The number of carbonyl (C=O) groups excluding carboxylic acids is 2. The van der Waals surface area contributed by atoms with Gasteiger partial charge in [0.05, 0.1) is 5.69 Å². The number of ether oxygens (including phenoxy) is 1. The molecule has 1 saturated carbocycles. The fourth-order valence-electron chi connectivity index (χ4n) is 4.06. The molecule has 0 bridgehead atoms. The average molecular weight is 408 g/mol. The highest BCUT2D eigenvalue weighted by Gasteiger charge is 2.32. The van der Waals surface area contributed by atoms with Gasteiger partial charge in [-0.15, -0.1) is 0 Å². The number of nitrogens with zero attached hydrogens (tertiary/aromatic N) is 1. The van der Waals surface area contributed by atoms with Crippen LogP contribution in [0.15, 0.2) is 54.3 Å². The van der Waals surface area contributed by atoms with Crippen molar-refractivity contribution in [2.45, 2.75) is 38.6 Å². The molecule has 2 aromatic rings. The summed E-state index contributed by atoms with van der Waals surface area (Å²) in [7, 11) is 0. The first kappa shape index (κ1) is 20.1. The molecule has 30 heavy (non-hydrogen) atoms. The van der Waals surface area contributed by atoms with Crippen molar-refractivity contribution < 1.29 is 18.7 Å². The van der Waals surface area contributed by atoms with Crippen LogP contribution >= 0.6 is 0 Å². The Morgan fingerprint density at radius 3 is 2.67 bits per heavy atom. The van der Waals surface area contributed by atoms with E-state index in [1.54, 1.807) is 36.4 Å². The number of anilines is 1. The van der Waals surface area contributed by atoms with Crippen LogP contribution in [0.25, 0.3) is 6.08 Å². The maximum atomic E-state index is 13.2. The van der Waals surface area contributed by atoms with Crippen LogP contribution in [0.2, 0.25) is 0 Å². The summed E-state index contributed by atoms with van der Waals surface area (Å²) in [6.07, 6.45) is 5.94. The van der Waals surface area contributed by atoms with E-state index in [1.165, 1.54) is 23.5 Å². The van der Waals surface area contributed by atoms with Gasteiger partial charge in [0, 0.05) is 6.04 Å². The topological polar surface area (TPSA) is 58.6 Å². The Hall–Kier alpha value is -3.15. The fraction of sp³-hybridized carbons (Fsp3) is 0.333. The predicted molar refractivity (Wildman–Crippen MR) is 113 cm³/mol. The van der Waals surface area contributed by atoms with Crippen LogP contribution < -0.4 is 15.0 Å². The van der Waals surface area contributed by atoms with Crippen molar-refractivity contribution in [2.75, 3.05) is 11.4 Å². The molecule has 4 rings (SSSR count). The van der Waals surface area contributed by atoms with Crippen molar-refractivity contribution in [3.63, 3.8) is 0 Å². The van der Waals surface area contributed by atoms with Gasteiger partial charge in [0.25, 0.3) is 5.91 Å². The molecule has 1 N–H and O–H groups in total. The van der Waals surface area contributed by atoms with Crippen molar-refractivity contribution in [1.29, 1.82) is 0 Å². The van der Waals surface area contributed by atoms with Gasteiger partial charge in [-0.25, -0.2) is 4.39 Å². The lowest BCUT2D eigenvalue weighted by Crippen LogP contribution is -2.48. The lowest BCUT2D eigenvalue weighted by Gasteiger charge is -2.32. The lowest BCUT2D eigenvalue weighted by atomic mass is 9.86. The maximum Gasteiger partial charge on any atom is 0.294 e. The molecule has 156 valence electrons. The van der Waals surface area contributed by atoms with Crippen LogP contribution in [0.3, 0.4) is 0 Å². The fourth-order valence-corrected chi connectivity index (χ4v) is 4.06. The van der Waals surface area contributed by atoms with Gasteiger partial charge in [-0.3, -0.25) is 14.5 Å². The molecule has 6 heteroatoms. The van der Waals surface area contributed by atoms with E-state index in [9.17, 15) is 14.0 Å². The van der Waals surface area contributed by atoms with E-state index in [0.29, 0.717) is 22.9 Å². The highest BCUT2D eigenvalue weighted by Crippen LogP contribution is 2.35. The van der Waals surface area contributed by atoms with Crippen LogP contribution in [-0.4, -0.2) is 24.4 Å². The van der Waals surface area contributed by atoms with Crippen molar-refractivity contribution in [1.82, 2.24) is 5.32 Å². The number of nitrogens with one attached hydrogen (secondary N) is 1. The van der Waals surface area contributed by atoms with Gasteiger partial charge in [0.1, 0.15) is 12.4 Å². The Labute approximate surface area is 175 Å². The minimum atomic E-state index is -0.398. The highest BCUT2D eigenvalue weighted by atomic mass is 19.1. The number of hydrogen-bond acceptors (Lipinski definition) is 3. The third kappa shape index (κ3) is 4.37. The predicted octanol–water partition coefficient (Wildman–Crippen LogP) is 4.29. The molecule has 5 nitrogen and oxygen atoms in total. The number of carbonyl (C=O) groups is 2. The third-order valence-electron chi connectivity index (χ3n) is 5.76. The van der Waals surface area contributed by atoms with Crippen LogP contribution in [-0.2, 0) is 9.59 Å². The minimum absolute atomic E-state index is 0.0802. The molecule has 0 radical (unpaired) electrons. The van der Waals surface area contributed by atoms with Gasteiger partial charge in [-0.2, -0.15) is 0 Å². The Balaban J connectivity index is 1.56. The standard InChI is InChI=1S/C24H25FN2O3/c1-16-6-2-3-7-19(16)26-23(28)15-27-20-8-4-5-9-21(20)30-22(24(27)29)14-17-10-12-18(25)13-11-17/h4-5,8-14,16,19H,2-3,6-7,15H2,1H3,(H,26,28)/b22-14+/t16-,19+/m1/s1. The van der Waals surface area contributed by atoms with E-state index in [-0.39, 0.29) is 30.1 Å². The number of fused-ring (bicyclic) bond motifs is 1. The molecule has 2 amide bonds. The van der Waals surface area contributed by atoms with Crippen LogP contribution in [0.5, 0.6) is 5.75 Å². The molecule has 2 aromatic carbocycles. The summed E-state index contributed by atoms with van der Waals surface area (Å²) in [5, 5.41) is 3.10. The van der Waals surface area contributed by atoms with Crippen molar-refractivity contribution in [3.8, 4) is 5.75 Å². The van der Waals surface area contributed by atoms with E-state index in [2.05, 4.69) is 12.2 Å². The molecule has 1 fully saturated rings. The van der Waals surface area contributed by atoms with Crippen LogP contribution in [0, 0.1) is 11.7 Å². The van der Waals surface area contributed by atoms with E-state index < -0.39 is 5.91 Å². The second kappa shape index (κ2) is 8.69. The third-order valence-corrected chi connectivity index (χ3v) is 5.76. The van der Waals surface area contributed by atoms with Crippen molar-refractivity contribution >= 4 is 23.6 Å². The molecule has 1 aliphatic heterocycles. The maximum absolute atomic E-state index is 13.2. The van der Waals surface area contributed by atoms with Gasteiger partial charge < -0.3 is 10.1 Å². The molecule has 0 spiro atoms. The zero-order valence-corrected chi connectivity index (χ0v) is 16.9. The highest BCUT2D eigenvalue weighted by molar-refractivity contribution is 6.12. The summed E-state index contributed by atoms with van der Waals surface area (Å²) in [5.41, 5.74) is 1.20. The van der Waals surface area contributed by atoms with Gasteiger partial charge in [-0.1, -0.05) is 44.0 Å². The number of para-hydroxylation sites is 2. The molecule has 0 saturated heterocycles. The largest absolute Gasteiger partial charge is 0.449 e. The summed E-state index contributed by atoms with van der Waals surface area (Å²) in [6.45, 7) is 2.08. The number of benzene rings is 2. The van der Waals surface area contributed by atoms with Gasteiger partial charge in [0.15, 0.2) is 11.5 Å².